The van der Waals surface area contributed by atoms with Crippen LogP contribution in [0.4, 0.5) is 4.79 Å². The third-order valence-electron chi connectivity index (χ3n) is 3.65. The van der Waals surface area contributed by atoms with Crippen molar-refractivity contribution in [1.82, 2.24) is 10.2 Å². The fraction of sp³-hybridized carbons (Fsp3) is 0.579. The summed E-state index contributed by atoms with van der Waals surface area (Å²) >= 11 is 0. The van der Waals surface area contributed by atoms with E-state index in [1.165, 1.54) is 0 Å². The maximum atomic E-state index is 12.6. The van der Waals surface area contributed by atoms with Gasteiger partial charge in [-0.1, -0.05) is 58.0 Å². The molecule has 1 rings (SSSR count). The number of hydrogen-bond acceptors (Lipinski definition) is 3. The minimum absolute atomic E-state index is 0.0670. The molecule has 0 fully saturated rings. The van der Waals surface area contributed by atoms with Gasteiger partial charge in [0.25, 0.3) is 0 Å². The third kappa shape index (κ3) is 8.11. The quantitative estimate of drug-likeness (QED) is 0.688. The molecule has 1 aromatic carbocycles. The second-order valence-corrected chi connectivity index (χ2v) is 7.15. The highest BCUT2D eigenvalue weighted by molar-refractivity contribution is 5.88. The first-order chi connectivity index (χ1) is 11.3. The molecule has 0 aliphatic rings. The summed E-state index contributed by atoms with van der Waals surface area (Å²) in [5, 5.41) is 11.4. The fourth-order valence-electron chi connectivity index (χ4n) is 2.76. The first-order valence-corrected chi connectivity index (χ1v) is 8.56. The first-order valence-electron chi connectivity index (χ1n) is 8.56. The van der Waals surface area contributed by atoms with Gasteiger partial charge in [0.1, 0.15) is 0 Å². The van der Waals surface area contributed by atoms with Crippen LogP contribution in [0.15, 0.2) is 30.3 Å². The Hall–Kier alpha value is -1.88. The van der Waals surface area contributed by atoms with Gasteiger partial charge in [-0.25, -0.2) is 4.79 Å². The maximum absolute atomic E-state index is 12.6. The van der Waals surface area contributed by atoms with Crippen molar-refractivity contribution >= 4 is 11.9 Å². The lowest BCUT2D eigenvalue weighted by Gasteiger charge is -2.26. The predicted molar refractivity (Wildman–Crippen MR) is 96.0 cm³/mol. The normalized spacial score (nSPS) is 12.6. The van der Waals surface area contributed by atoms with Crippen molar-refractivity contribution in [2.24, 2.45) is 11.8 Å². The summed E-state index contributed by atoms with van der Waals surface area (Å²) in [6, 6.07) is 9.37. The molecule has 0 aliphatic heterocycles. The Morgan fingerprint density at radius 1 is 1.08 bits per heavy atom. The Labute approximate surface area is 145 Å². The zero-order chi connectivity index (χ0) is 18.1. The van der Waals surface area contributed by atoms with Gasteiger partial charge in [0.05, 0.1) is 12.6 Å². The molecule has 0 spiro atoms. The van der Waals surface area contributed by atoms with E-state index in [9.17, 15) is 9.59 Å². The van der Waals surface area contributed by atoms with Crippen LogP contribution in [0.2, 0.25) is 0 Å². The second kappa shape index (κ2) is 10.1. The summed E-state index contributed by atoms with van der Waals surface area (Å²) in [5.74, 6) is 0.610. The van der Waals surface area contributed by atoms with E-state index in [0.717, 1.165) is 12.1 Å². The summed E-state index contributed by atoms with van der Waals surface area (Å²) in [6.45, 7) is 9.94. The van der Waals surface area contributed by atoms with E-state index < -0.39 is 12.1 Å². The Kier molecular flexibility index (Phi) is 8.47. The van der Waals surface area contributed by atoms with Crippen LogP contribution in [-0.4, -0.2) is 41.0 Å². The summed E-state index contributed by atoms with van der Waals surface area (Å²) in [7, 11) is 0. The summed E-state index contributed by atoms with van der Waals surface area (Å²) in [4.78, 5) is 25.7. The Morgan fingerprint density at radius 2 is 1.71 bits per heavy atom. The lowest BCUT2D eigenvalue weighted by atomic mass is 9.99. The minimum Gasteiger partial charge on any atom is -0.465 e. The molecule has 2 N–H and O–H groups in total. The Bertz CT molecular complexity index is 515. The van der Waals surface area contributed by atoms with Crippen LogP contribution in [0.1, 0.15) is 39.7 Å². The zero-order valence-electron chi connectivity index (χ0n) is 15.2. The van der Waals surface area contributed by atoms with E-state index >= 15 is 0 Å². The zero-order valence-corrected chi connectivity index (χ0v) is 15.2. The van der Waals surface area contributed by atoms with Crippen molar-refractivity contribution in [3.8, 4) is 0 Å². The molecule has 0 aromatic heterocycles. The number of nitrogens with one attached hydrogen (secondary N) is 1. The molecule has 0 radical (unpaired) electrons. The number of carbonyl (C=O) groups is 2. The Morgan fingerprint density at radius 3 is 2.21 bits per heavy atom. The van der Waals surface area contributed by atoms with E-state index in [0.29, 0.717) is 18.9 Å². The van der Waals surface area contributed by atoms with Gasteiger partial charge in [0.15, 0.2) is 5.78 Å². The first kappa shape index (κ1) is 20.2. The van der Waals surface area contributed by atoms with Crippen molar-refractivity contribution in [1.29, 1.82) is 0 Å². The number of benzene rings is 1. The average Bonchev–Trinajstić information content (AvgIpc) is 2.45. The van der Waals surface area contributed by atoms with Crippen LogP contribution in [0.5, 0.6) is 0 Å². The lowest BCUT2D eigenvalue weighted by Crippen LogP contribution is -2.46. The number of rotatable bonds is 10. The average molecular weight is 334 g/mol. The molecule has 0 bridgehead atoms. The molecule has 5 heteroatoms. The number of carbonyl (C=O) groups excluding carboxylic acids is 1. The molecule has 0 saturated carbocycles. The molecule has 1 aromatic rings. The van der Waals surface area contributed by atoms with Gasteiger partial charge in [0, 0.05) is 13.1 Å². The lowest BCUT2D eigenvalue weighted by molar-refractivity contribution is -0.122. The number of Topliss-reactive ketones (excluding diaryl/α,β-unsaturated/α-hetero) is 1. The van der Waals surface area contributed by atoms with Crippen LogP contribution in [-0.2, 0) is 11.3 Å². The van der Waals surface area contributed by atoms with Crippen LogP contribution in [0, 0.1) is 11.8 Å². The van der Waals surface area contributed by atoms with E-state index in [1.54, 1.807) is 0 Å². The van der Waals surface area contributed by atoms with Gasteiger partial charge < -0.3 is 10.4 Å². The van der Waals surface area contributed by atoms with Crippen molar-refractivity contribution < 1.29 is 14.7 Å². The van der Waals surface area contributed by atoms with Crippen molar-refractivity contribution in [2.45, 2.75) is 46.7 Å². The van der Waals surface area contributed by atoms with E-state index in [-0.39, 0.29) is 18.2 Å². The standard InChI is InChI=1S/C19H30N2O3/c1-14(2)10-17(20-19(23)24)18(22)13-21(11-15(3)4)12-16-8-6-5-7-9-16/h5-9,14-15,17,20H,10-13H2,1-4H3,(H,23,24). The second-order valence-electron chi connectivity index (χ2n) is 7.15. The Balaban J connectivity index is 2.78. The van der Waals surface area contributed by atoms with Crippen molar-refractivity contribution in [3.63, 3.8) is 0 Å². The highest BCUT2D eigenvalue weighted by Gasteiger charge is 2.24. The molecule has 0 aliphatic carbocycles. The minimum atomic E-state index is -1.15. The third-order valence-corrected chi connectivity index (χ3v) is 3.65. The molecule has 1 amide bonds. The topological polar surface area (TPSA) is 69.6 Å². The predicted octanol–water partition coefficient (Wildman–Crippen LogP) is 3.40. The van der Waals surface area contributed by atoms with Crippen LogP contribution in [0.25, 0.3) is 0 Å². The van der Waals surface area contributed by atoms with Crippen LogP contribution >= 0.6 is 0 Å². The molecule has 1 unspecified atom stereocenters. The largest absolute Gasteiger partial charge is 0.465 e. The molecular weight excluding hydrogens is 304 g/mol. The number of hydrogen-bond donors (Lipinski definition) is 2. The highest BCUT2D eigenvalue weighted by atomic mass is 16.4. The molecule has 24 heavy (non-hydrogen) atoms. The number of nitrogens with zero attached hydrogens (tertiary/aromatic N) is 1. The van der Waals surface area contributed by atoms with Gasteiger partial charge in [-0.2, -0.15) is 0 Å². The number of carboxylic acid groups (broad SMARTS) is 1. The van der Waals surface area contributed by atoms with E-state index in [1.807, 2.05) is 44.2 Å². The molecule has 134 valence electrons. The monoisotopic (exact) mass is 334 g/mol. The maximum Gasteiger partial charge on any atom is 0.405 e. The summed E-state index contributed by atoms with van der Waals surface area (Å²) in [5.41, 5.74) is 1.15. The smallest absolute Gasteiger partial charge is 0.405 e. The molecule has 5 nitrogen and oxygen atoms in total. The summed E-state index contributed by atoms with van der Waals surface area (Å²) < 4.78 is 0. The molecule has 1 atom stereocenters. The molecular formula is C19H30N2O3. The van der Waals surface area contributed by atoms with E-state index in [2.05, 4.69) is 24.1 Å². The number of amides is 1. The van der Waals surface area contributed by atoms with Crippen LogP contribution < -0.4 is 5.32 Å². The fourth-order valence-corrected chi connectivity index (χ4v) is 2.76. The van der Waals surface area contributed by atoms with Crippen LogP contribution in [0.3, 0.4) is 0 Å². The van der Waals surface area contributed by atoms with Gasteiger partial charge in [-0.3, -0.25) is 9.69 Å². The summed E-state index contributed by atoms with van der Waals surface area (Å²) in [6.07, 6.45) is -0.626. The number of ketones is 1. The molecule has 0 saturated heterocycles. The SMILES string of the molecule is CC(C)CC(NC(=O)O)C(=O)CN(Cc1ccccc1)CC(C)C. The van der Waals surface area contributed by atoms with Crippen molar-refractivity contribution in [2.75, 3.05) is 13.1 Å². The molecule has 0 heterocycles. The van der Waals surface area contributed by atoms with Gasteiger partial charge in [0.2, 0.25) is 0 Å². The van der Waals surface area contributed by atoms with Gasteiger partial charge >= 0.3 is 6.09 Å². The van der Waals surface area contributed by atoms with Gasteiger partial charge in [-0.15, -0.1) is 0 Å². The van der Waals surface area contributed by atoms with Crippen molar-refractivity contribution in [3.05, 3.63) is 35.9 Å². The van der Waals surface area contributed by atoms with E-state index in [4.69, 9.17) is 5.11 Å². The van der Waals surface area contributed by atoms with Gasteiger partial charge in [-0.05, 0) is 23.8 Å². The highest BCUT2D eigenvalue weighted by Crippen LogP contribution is 2.11.